The van der Waals surface area contributed by atoms with E-state index < -0.39 is 21.7 Å². The molecule has 1 aromatic heterocycles. The third-order valence-electron chi connectivity index (χ3n) is 3.15. The third-order valence-corrected chi connectivity index (χ3v) is 6.01. The van der Waals surface area contributed by atoms with Crippen LogP contribution < -0.4 is 4.72 Å². The van der Waals surface area contributed by atoms with Crippen LogP contribution in [0.1, 0.15) is 40.0 Å². The molecule has 0 aromatic carbocycles. The van der Waals surface area contributed by atoms with Gasteiger partial charge in [0.25, 0.3) is 0 Å². The molecule has 1 heterocycles. The summed E-state index contributed by atoms with van der Waals surface area (Å²) in [4.78, 5) is 12.6. The van der Waals surface area contributed by atoms with Crippen molar-refractivity contribution in [3.05, 3.63) is 17.5 Å². The Morgan fingerprint density at radius 3 is 2.50 bits per heavy atom. The normalized spacial score (nSPS) is 12.3. The predicted octanol–water partition coefficient (Wildman–Crippen LogP) is 2.98. The van der Waals surface area contributed by atoms with E-state index in [0.717, 1.165) is 6.42 Å². The molecular formula is C14H24N2O4S2. The fourth-order valence-corrected chi connectivity index (χ4v) is 4.10. The third kappa shape index (κ3) is 5.94. The first-order valence-corrected chi connectivity index (χ1v) is 9.54. The molecule has 1 amide bonds. The Balaban J connectivity index is 2.27. The molecule has 1 aromatic rings. The second kappa shape index (κ2) is 7.94. The molecule has 0 saturated carbocycles. The molecule has 0 radical (unpaired) electrons. The highest BCUT2D eigenvalue weighted by Gasteiger charge is 2.25. The molecule has 126 valence electrons. The zero-order valence-electron chi connectivity index (χ0n) is 13.2. The molecule has 22 heavy (non-hydrogen) atoms. The second-order valence-electron chi connectivity index (χ2n) is 6.00. The maximum Gasteiger partial charge on any atom is 0.407 e. The highest BCUT2D eigenvalue weighted by atomic mass is 32.2. The van der Waals surface area contributed by atoms with Gasteiger partial charge in [-0.2, -0.15) is 0 Å². The minimum absolute atomic E-state index is 0.317. The number of carboxylic acid groups (broad SMARTS) is 1. The molecular weight excluding hydrogens is 324 g/mol. The lowest BCUT2D eigenvalue weighted by atomic mass is 10.1. The number of sulfonamides is 1. The van der Waals surface area contributed by atoms with Gasteiger partial charge in [-0.05, 0) is 45.1 Å². The molecule has 0 aliphatic carbocycles. The molecule has 0 saturated heterocycles. The fourth-order valence-electron chi connectivity index (χ4n) is 1.98. The first-order valence-electron chi connectivity index (χ1n) is 7.18. The molecule has 8 heteroatoms. The lowest BCUT2D eigenvalue weighted by molar-refractivity contribution is 0.0990. The number of amides is 1. The van der Waals surface area contributed by atoms with Crippen molar-refractivity contribution in [2.24, 2.45) is 0 Å². The van der Waals surface area contributed by atoms with E-state index in [1.807, 2.05) is 20.8 Å². The van der Waals surface area contributed by atoms with E-state index in [0.29, 0.717) is 30.1 Å². The van der Waals surface area contributed by atoms with Crippen LogP contribution in [0.15, 0.2) is 21.7 Å². The Labute approximate surface area is 136 Å². The zero-order chi connectivity index (χ0) is 16.8. The lowest BCUT2D eigenvalue weighted by Gasteiger charge is -2.33. The van der Waals surface area contributed by atoms with E-state index >= 15 is 0 Å². The Bertz CT molecular complexity index is 562. The zero-order valence-corrected chi connectivity index (χ0v) is 14.8. The summed E-state index contributed by atoms with van der Waals surface area (Å²) >= 11 is 1.19. The van der Waals surface area contributed by atoms with Crippen LogP contribution in [0.3, 0.4) is 0 Å². The standard InChI is InChI=1S/C14H24N2O4S2/c1-14(2,3)16(13(17)18)10-6-4-5-9-15-22(19,20)12-8-7-11-21-12/h7-8,11,15H,4-6,9-10H2,1-3H3,(H,17,18). The number of rotatable bonds is 8. The van der Waals surface area contributed by atoms with E-state index in [1.165, 1.54) is 16.2 Å². The number of nitrogens with zero attached hydrogens (tertiary/aromatic N) is 1. The van der Waals surface area contributed by atoms with Crippen LogP contribution in [0, 0.1) is 0 Å². The average Bonchev–Trinajstić information content (AvgIpc) is 2.90. The molecule has 1 rings (SSSR count). The SMILES string of the molecule is CC(C)(C)N(CCCCCNS(=O)(=O)c1cccs1)C(=O)O. The predicted molar refractivity (Wildman–Crippen MR) is 87.8 cm³/mol. The van der Waals surface area contributed by atoms with Gasteiger partial charge in [-0.1, -0.05) is 12.5 Å². The highest BCUT2D eigenvalue weighted by molar-refractivity contribution is 7.91. The van der Waals surface area contributed by atoms with E-state index in [-0.39, 0.29) is 0 Å². The topological polar surface area (TPSA) is 86.7 Å². The van der Waals surface area contributed by atoms with Crippen LogP contribution in [0.25, 0.3) is 0 Å². The summed E-state index contributed by atoms with van der Waals surface area (Å²) in [6, 6.07) is 3.27. The van der Waals surface area contributed by atoms with Crippen molar-refractivity contribution in [2.45, 2.75) is 49.8 Å². The largest absolute Gasteiger partial charge is 0.465 e. The van der Waals surface area contributed by atoms with E-state index in [2.05, 4.69) is 4.72 Å². The molecule has 0 spiro atoms. The summed E-state index contributed by atoms with van der Waals surface area (Å²) < 4.78 is 26.6. The molecule has 6 nitrogen and oxygen atoms in total. The van der Waals surface area contributed by atoms with Crippen LogP contribution in [0.5, 0.6) is 0 Å². The maximum atomic E-state index is 11.9. The van der Waals surface area contributed by atoms with Gasteiger partial charge in [-0.3, -0.25) is 0 Å². The molecule has 0 atom stereocenters. The van der Waals surface area contributed by atoms with E-state index in [4.69, 9.17) is 5.11 Å². The van der Waals surface area contributed by atoms with Gasteiger partial charge in [0.05, 0.1) is 0 Å². The summed E-state index contributed by atoms with van der Waals surface area (Å²) in [5, 5.41) is 10.9. The first-order chi connectivity index (χ1) is 10.1. The van der Waals surface area contributed by atoms with Crippen molar-refractivity contribution in [3.63, 3.8) is 0 Å². The summed E-state index contributed by atoms with van der Waals surface area (Å²) in [5.41, 5.74) is -0.424. The quantitative estimate of drug-likeness (QED) is 0.707. The second-order valence-corrected chi connectivity index (χ2v) is 8.94. The molecule has 0 fully saturated rings. The Kier molecular flexibility index (Phi) is 6.83. The molecule has 0 aliphatic heterocycles. The van der Waals surface area contributed by atoms with Crippen molar-refractivity contribution in [1.29, 1.82) is 0 Å². The Morgan fingerprint density at radius 1 is 1.32 bits per heavy atom. The Hall–Kier alpha value is -1.12. The van der Waals surface area contributed by atoms with Gasteiger partial charge in [0.15, 0.2) is 0 Å². The van der Waals surface area contributed by atoms with Crippen LogP contribution in [-0.4, -0.2) is 43.1 Å². The minimum Gasteiger partial charge on any atom is -0.465 e. The van der Waals surface area contributed by atoms with E-state index in [9.17, 15) is 13.2 Å². The number of hydrogen-bond acceptors (Lipinski definition) is 4. The summed E-state index contributed by atoms with van der Waals surface area (Å²) in [6.45, 7) is 6.39. The first kappa shape index (κ1) is 18.9. The number of nitrogens with one attached hydrogen (secondary N) is 1. The van der Waals surface area contributed by atoms with Crippen molar-refractivity contribution in [3.8, 4) is 0 Å². The molecule has 0 bridgehead atoms. The lowest BCUT2D eigenvalue weighted by Crippen LogP contribution is -2.45. The fraction of sp³-hybridized carbons (Fsp3) is 0.643. The summed E-state index contributed by atoms with van der Waals surface area (Å²) in [5.74, 6) is 0. The van der Waals surface area contributed by atoms with Crippen molar-refractivity contribution < 1.29 is 18.3 Å². The van der Waals surface area contributed by atoms with Gasteiger partial charge >= 0.3 is 6.09 Å². The molecule has 0 unspecified atom stereocenters. The van der Waals surface area contributed by atoms with Gasteiger partial charge in [-0.15, -0.1) is 11.3 Å². The van der Waals surface area contributed by atoms with Crippen molar-refractivity contribution >= 4 is 27.5 Å². The van der Waals surface area contributed by atoms with Gasteiger partial charge in [-0.25, -0.2) is 17.9 Å². The monoisotopic (exact) mass is 348 g/mol. The van der Waals surface area contributed by atoms with Crippen LogP contribution in [-0.2, 0) is 10.0 Å². The average molecular weight is 348 g/mol. The van der Waals surface area contributed by atoms with Gasteiger partial charge in [0.1, 0.15) is 4.21 Å². The van der Waals surface area contributed by atoms with Gasteiger partial charge in [0.2, 0.25) is 10.0 Å². The number of hydrogen-bond donors (Lipinski definition) is 2. The van der Waals surface area contributed by atoms with Gasteiger partial charge < -0.3 is 10.0 Å². The minimum atomic E-state index is -3.39. The smallest absolute Gasteiger partial charge is 0.407 e. The summed E-state index contributed by atoms with van der Waals surface area (Å²) in [7, 11) is -3.39. The number of thiophene rings is 1. The Morgan fingerprint density at radius 2 is 2.00 bits per heavy atom. The van der Waals surface area contributed by atoms with Gasteiger partial charge in [0, 0.05) is 18.6 Å². The molecule has 0 aliphatic rings. The molecule has 2 N–H and O–H groups in total. The van der Waals surface area contributed by atoms with Crippen molar-refractivity contribution in [2.75, 3.05) is 13.1 Å². The summed E-state index contributed by atoms with van der Waals surface area (Å²) in [6.07, 6.45) is 1.24. The van der Waals surface area contributed by atoms with Crippen LogP contribution in [0.2, 0.25) is 0 Å². The van der Waals surface area contributed by atoms with Crippen molar-refractivity contribution in [1.82, 2.24) is 9.62 Å². The highest BCUT2D eigenvalue weighted by Crippen LogP contribution is 2.16. The number of unbranched alkanes of at least 4 members (excludes halogenated alkanes) is 2. The number of carbonyl (C=O) groups is 1. The maximum absolute atomic E-state index is 11.9. The van der Waals surface area contributed by atoms with E-state index in [1.54, 1.807) is 17.5 Å². The van der Waals surface area contributed by atoms with Crippen LogP contribution in [0.4, 0.5) is 4.79 Å². The van der Waals surface area contributed by atoms with Crippen LogP contribution >= 0.6 is 11.3 Å².